The summed E-state index contributed by atoms with van der Waals surface area (Å²) >= 11 is 0. The molecule has 0 saturated heterocycles. The minimum Gasteiger partial charge on any atom is -0.439 e. The Balaban J connectivity index is 2.35. The zero-order chi connectivity index (χ0) is 13.5. The van der Waals surface area contributed by atoms with Gasteiger partial charge in [-0.1, -0.05) is 44.2 Å². The highest BCUT2D eigenvalue weighted by molar-refractivity contribution is 7.67. The maximum absolute atomic E-state index is 13.0. The van der Waals surface area contributed by atoms with Gasteiger partial charge in [0.1, 0.15) is 5.75 Å². The topological polar surface area (TPSA) is 26.3 Å². The number of rotatable bonds is 2. The summed E-state index contributed by atoms with van der Waals surface area (Å²) in [6.07, 6.45) is 1.47. The molecule has 0 N–H and O–H groups in total. The van der Waals surface area contributed by atoms with Crippen molar-refractivity contribution in [3.63, 3.8) is 0 Å². The summed E-state index contributed by atoms with van der Waals surface area (Å²) in [7, 11) is -2.75. The Kier molecular flexibility index (Phi) is 2.99. The Morgan fingerprint density at radius 2 is 1.84 bits per heavy atom. The highest BCUT2D eigenvalue weighted by atomic mass is 31.2. The number of hydrogen-bond acceptors (Lipinski definition) is 2. The lowest BCUT2D eigenvalue weighted by Gasteiger charge is -2.29. The molecule has 1 aliphatic rings. The van der Waals surface area contributed by atoms with Crippen LogP contribution in [0.15, 0.2) is 42.5 Å². The Labute approximate surface area is 113 Å². The molecule has 1 aliphatic heterocycles. The third kappa shape index (κ3) is 1.82. The average molecular weight is 272 g/mol. The van der Waals surface area contributed by atoms with E-state index in [1.807, 2.05) is 37.3 Å². The maximum atomic E-state index is 13.0. The number of aryl methyl sites for hydroxylation is 1. The van der Waals surface area contributed by atoms with Crippen LogP contribution < -0.4 is 9.83 Å². The summed E-state index contributed by atoms with van der Waals surface area (Å²) in [5.41, 5.74) is 3.43. The fraction of sp³-hybridized carbons (Fsp3) is 0.250. The SMILES string of the molecule is CCc1cccc2c1-c1ccccc1P(=O)(CC)O2. The van der Waals surface area contributed by atoms with Crippen LogP contribution in [0, 0.1) is 0 Å². The second-order valence-electron chi connectivity index (χ2n) is 4.74. The van der Waals surface area contributed by atoms with Gasteiger partial charge in [0.15, 0.2) is 0 Å². The van der Waals surface area contributed by atoms with Crippen LogP contribution in [0.25, 0.3) is 11.1 Å². The van der Waals surface area contributed by atoms with Gasteiger partial charge in [-0.05, 0) is 29.7 Å². The van der Waals surface area contributed by atoms with Gasteiger partial charge in [0.2, 0.25) is 0 Å². The van der Waals surface area contributed by atoms with Crippen molar-refractivity contribution in [2.75, 3.05) is 6.16 Å². The van der Waals surface area contributed by atoms with E-state index in [2.05, 4.69) is 19.1 Å². The van der Waals surface area contributed by atoms with E-state index in [4.69, 9.17) is 4.52 Å². The summed E-state index contributed by atoms with van der Waals surface area (Å²) < 4.78 is 18.9. The molecule has 0 bridgehead atoms. The first-order chi connectivity index (χ1) is 9.19. The summed E-state index contributed by atoms with van der Waals surface area (Å²) in [5.74, 6) is 0.767. The Morgan fingerprint density at radius 1 is 1.05 bits per heavy atom. The van der Waals surface area contributed by atoms with Crippen molar-refractivity contribution in [1.82, 2.24) is 0 Å². The molecule has 0 aromatic heterocycles. The van der Waals surface area contributed by atoms with Crippen molar-refractivity contribution in [3.05, 3.63) is 48.0 Å². The van der Waals surface area contributed by atoms with Crippen LogP contribution >= 0.6 is 7.37 Å². The van der Waals surface area contributed by atoms with E-state index in [1.165, 1.54) is 5.56 Å². The predicted molar refractivity (Wildman–Crippen MR) is 79.7 cm³/mol. The molecule has 2 aromatic rings. The molecule has 19 heavy (non-hydrogen) atoms. The van der Waals surface area contributed by atoms with E-state index in [9.17, 15) is 4.57 Å². The first-order valence-electron chi connectivity index (χ1n) is 6.70. The molecular formula is C16H17O2P. The van der Waals surface area contributed by atoms with Gasteiger partial charge < -0.3 is 4.52 Å². The van der Waals surface area contributed by atoms with Crippen LogP contribution in [0.4, 0.5) is 0 Å². The van der Waals surface area contributed by atoms with Gasteiger partial charge in [-0.3, -0.25) is 4.57 Å². The first-order valence-corrected chi connectivity index (χ1v) is 8.51. The highest BCUT2D eigenvalue weighted by Gasteiger charge is 2.34. The second-order valence-corrected chi connectivity index (χ2v) is 7.39. The lowest BCUT2D eigenvalue weighted by Crippen LogP contribution is -2.19. The van der Waals surface area contributed by atoms with Gasteiger partial charge in [-0.25, -0.2) is 0 Å². The number of benzene rings is 2. The molecule has 0 spiro atoms. The van der Waals surface area contributed by atoms with Gasteiger partial charge in [0.25, 0.3) is 7.37 Å². The van der Waals surface area contributed by atoms with Crippen LogP contribution in [0.1, 0.15) is 19.4 Å². The standard InChI is InChI=1S/C16H17O2P/c1-3-12-8-7-10-14-16(12)13-9-5-6-11-15(13)19(17,4-2)18-14/h5-11H,3-4H2,1-2H3. The van der Waals surface area contributed by atoms with E-state index in [-0.39, 0.29) is 0 Å². The molecule has 0 radical (unpaired) electrons. The van der Waals surface area contributed by atoms with Crippen LogP contribution in [0.3, 0.4) is 0 Å². The third-order valence-corrected chi connectivity index (χ3v) is 6.14. The number of fused-ring (bicyclic) bond motifs is 3. The molecule has 0 aliphatic carbocycles. The molecule has 0 amide bonds. The fourth-order valence-corrected chi connectivity index (χ4v) is 4.58. The molecule has 2 nitrogen and oxygen atoms in total. The average Bonchev–Trinajstić information content (AvgIpc) is 2.46. The maximum Gasteiger partial charge on any atom is 0.277 e. The van der Waals surface area contributed by atoms with Gasteiger partial charge in [0.05, 0.1) is 5.30 Å². The molecular weight excluding hydrogens is 255 g/mol. The van der Waals surface area contributed by atoms with Gasteiger partial charge in [-0.2, -0.15) is 0 Å². The van der Waals surface area contributed by atoms with Crippen molar-refractivity contribution < 1.29 is 9.09 Å². The largest absolute Gasteiger partial charge is 0.439 e. The monoisotopic (exact) mass is 272 g/mol. The van der Waals surface area contributed by atoms with E-state index >= 15 is 0 Å². The highest BCUT2D eigenvalue weighted by Crippen LogP contribution is 2.54. The molecule has 2 aromatic carbocycles. The van der Waals surface area contributed by atoms with Crippen molar-refractivity contribution in [2.24, 2.45) is 0 Å². The van der Waals surface area contributed by atoms with E-state index < -0.39 is 7.37 Å². The fourth-order valence-electron chi connectivity index (χ4n) is 2.68. The van der Waals surface area contributed by atoms with E-state index in [0.717, 1.165) is 28.6 Å². The molecule has 0 saturated carbocycles. The summed E-state index contributed by atoms with van der Waals surface area (Å²) in [6, 6.07) is 13.9. The van der Waals surface area contributed by atoms with Crippen LogP contribution in [-0.2, 0) is 11.0 Å². The first kappa shape index (κ1) is 12.5. The zero-order valence-electron chi connectivity index (χ0n) is 11.2. The van der Waals surface area contributed by atoms with Crippen molar-refractivity contribution in [1.29, 1.82) is 0 Å². The molecule has 1 unspecified atom stereocenters. The zero-order valence-corrected chi connectivity index (χ0v) is 12.1. The molecule has 3 rings (SSSR count). The van der Waals surface area contributed by atoms with Crippen LogP contribution in [-0.4, -0.2) is 6.16 Å². The third-order valence-electron chi connectivity index (χ3n) is 3.70. The molecule has 98 valence electrons. The van der Waals surface area contributed by atoms with Gasteiger partial charge in [0, 0.05) is 11.7 Å². The quantitative estimate of drug-likeness (QED) is 0.765. The van der Waals surface area contributed by atoms with Gasteiger partial charge >= 0.3 is 0 Å². The van der Waals surface area contributed by atoms with Crippen LogP contribution in [0.5, 0.6) is 5.75 Å². The smallest absolute Gasteiger partial charge is 0.277 e. The lowest BCUT2D eigenvalue weighted by atomic mass is 9.97. The van der Waals surface area contributed by atoms with E-state index in [0.29, 0.717) is 6.16 Å². The predicted octanol–water partition coefficient (Wildman–Crippen LogP) is 4.23. The van der Waals surface area contributed by atoms with Gasteiger partial charge in [-0.15, -0.1) is 0 Å². The Morgan fingerprint density at radius 3 is 2.58 bits per heavy atom. The van der Waals surface area contributed by atoms with Crippen molar-refractivity contribution in [3.8, 4) is 16.9 Å². The van der Waals surface area contributed by atoms with Crippen LogP contribution in [0.2, 0.25) is 0 Å². The second kappa shape index (κ2) is 4.54. The molecule has 0 fully saturated rings. The lowest BCUT2D eigenvalue weighted by molar-refractivity contribution is 0.492. The normalized spacial score (nSPS) is 20.3. The Bertz CT molecular complexity index is 676. The van der Waals surface area contributed by atoms with E-state index in [1.54, 1.807) is 0 Å². The summed E-state index contributed by atoms with van der Waals surface area (Å²) in [4.78, 5) is 0. The van der Waals surface area contributed by atoms with Crippen molar-refractivity contribution in [2.45, 2.75) is 20.3 Å². The summed E-state index contributed by atoms with van der Waals surface area (Å²) in [5, 5.41) is 0.867. The molecule has 3 heteroatoms. The minimum atomic E-state index is -2.75. The molecule has 1 atom stereocenters. The Hall–Kier alpha value is -1.53. The summed E-state index contributed by atoms with van der Waals surface area (Å²) in [6.45, 7) is 4.05. The van der Waals surface area contributed by atoms with Crippen molar-refractivity contribution >= 4 is 12.7 Å². The number of hydrogen-bond donors (Lipinski definition) is 0. The molecule has 1 heterocycles. The minimum absolute atomic E-state index is 0.528.